The van der Waals surface area contributed by atoms with Gasteiger partial charge in [-0.15, -0.1) is 0 Å². The third-order valence-electron chi connectivity index (χ3n) is 14.7. The Morgan fingerprint density at radius 1 is 0.243 bits per heavy atom. The predicted octanol–water partition coefficient (Wildman–Crippen LogP) is 20.2. The Morgan fingerprint density at radius 3 is 0.814 bits per heavy atom. The number of rotatable bonds is 6. The second-order valence-corrected chi connectivity index (χ2v) is 24.2. The molecule has 0 fully saturated rings. The molecule has 0 spiro atoms. The average Bonchev–Trinajstić information content (AvgIpc) is 3.31. The fourth-order valence-corrected chi connectivity index (χ4v) is 10.4. The number of anilines is 6. The summed E-state index contributed by atoms with van der Waals surface area (Å²) in [5.41, 5.74) is 14.7. The van der Waals surface area contributed by atoms with E-state index in [-0.39, 0.29) is 21.7 Å². The van der Waals surface area contributed by atoms with Crippen molar-refractivity contribution in [2.75, 3.05) is 9.80 Å². The van der Waals surface area contributed by atoms with Crippen molar-refractivity contribution in [2.45, 2.75) is 119 Å². The molecule has 0 radical (unpaired) electrons. The fraction of sp³-hybridized carbons (Fsp3) is 0.265. The monoisotopic (exact) mass is 915 g/mol. The topological polar surface area (TPSA) is 6.48 Å². The van der Waals surface area contributed by atoms with Crippen molar-refractivity contribution in [3.63, 3.8) is 0 Å². The molecular formula is C68H70N2. The van der Waals surface area contributed by atoms with Crippen molar-refractivity contribution in [1.29, 1.82) is 0 Å². The van der Waals surface area contributed by atoms with Crippen LogP contribution in [0.4, 0.5) is 34.1 Å². The summed E-state index contributed by atoms with van der Waals surface area (Å²) in [7, 11) is 0. The van der Waals surface area contributed by atoms with Gasteiger partial charge in [0.1, 0.15) is 0 Å². The van der Waals surface area contributed by atoms with Crippen LogP contribution in [0.15, 0.2) is 170 Å². The summed E-state index contributed by atoms with van der Waals surface area (Å²) < 4.78 is 0. The molecule has 0 saturated carbocycles. The molecule has 70 heavy (non-hydrogen) atoms. The number of benzene rings is 10. The van der Waals surface area contributed by atoms with Gasteiger partial charge in [0.25, 0.3) is 0 Å². The van der Waals surface area contributed by atoms with Gasteiger partial charge in [0, 0.05) is 34.1 Å². The van der Waals surface area contributed by atoms with Crippen molar-refractivity contribution in [1.82, 2.24) is 0 Å². The number of fused-ring (bicyclic) bond motifs is 11. The summed E-state index contributed by atoms with van der Waals surface area (Å²) in [5, 5.41) is 12.7. The van der Waals surface area contributed by atoms with Crippen LogP contribution < -0.4 is 9.80 Å². The summed E-state index contributed by atoms with van der Waals surface area (Å²) >= 11 is 0. The Bertz CT molecular complexity index is 3330. The van der Waals surface area contributed by atoms with Crippen molar-refractivity contribution in [3.05, 3.63) is 203 Å². The molecule has 0 aromatic heterocycles. The van der Waals surface area contributed by atoms with Crippen LogP contribution in [0.2, 0.25) is 0 Å². The van der Waals surface area contributed by atoms with E-state index < -0.39 is 0 Å². The van der Waals surface area contributed by atoms with E-state index in [1.807, 2.05) is 0 Å². The van der Waals surface area contributed by atoms with E-state index >= 15 is 0 Å². The van der Waals surface area contributed by atoms with E-state index in [1.54, 1.807) is 0 Å². The maximum absolute atomic E-state index is 2.48. The van der Waals surface area contributed by atoms with Crippen LogP contribution in [-0.2, 0) is 21.7 Å². The first kappa shape index (κ1) is 46.8. The molecule has 352 valence electrons. The Kier molecular flexibility index (Phi) is 11.3. The molecule has 0 atom stereocenters. The van der Waals surface area contributed by atoms with E-state index in [0.29, 0.717) is 0 Å². The molecule has 0 aliphatic heterocycles. The van der Waals surface area contributed by atoms with Crippen LogP contribution in [0.3, 0.4) is 0 Å². The number of hydrogen-bond acceptors (Lipinski definition) is 2. The van der Waals surface area contributed by atoms with E-state index in [2.05, 4.69) is 277 Å². The third-order valence-corrected chi connectivity index (χ3v) is 14.7. The Balaban J connectivity index is 1.25. The summed E-state index contributed by atoms with van der Waals surface area (Å²) in [6, 6.07) is 65.2. The smallest absolute Gasteiger partial charge is 0.0468 e. The van der Waals surface area contributed by atoms with Crippen LogP contribution in [0.1, 0.15) is 116 Å². The fourth-order valence-electron chi connectivity index (χ4n) is 10.4. The van der Waals surface area contributed by atoms with Gasteiger partial charge in [-0.1, -0.05) is 191 Å². The van der Waals surface area contributed by atoms with Crippen molar-refractivity contribution >= 4 is 88.0 Å². The van der Waals surface area contributed by atoms with Gasteiger partial charge in [-0.25, -0.2) is 0 Å². The number of hydrogen-bond donors (Lipinski definition) is 0. The van der Waals surface area contributed by atoms with Gasteiger partial charge in [0.05, 0.1) is 0 Å². The SMILES string of the molecule is Cc1ccc(N(c2cc(C(C)(C)C)cc(C(C)(C)C)c2)c2ccc3c(c2)c2ccccc2c2c4ccc(N(c5ccc(C)cc5)c5cc(C(C)(C)C)cc(C(C)(C)C)c5)cc4c4ccccc4c32)cc1. The van der Waals surface area contributed by atoms with Crippen molar-refractivity contribution in [2.24, 2.45) is 0 Å². The van der Waals surface area contributed by atoms with Crippen LogP contribution in [0.25, 0.3) is 53.9 Å². The molecule has 0 amide bonds. The number of nitrogens with zero attached hydrogens (tertiary/aromatic N) is 2. The first-order chi connectivity index (χ1) is 33.0. The summed E-state index contributed by atoms with van der Waals surface area (Å²) in [5.74, 6) is 0. The molecular weight excluding hydrogens is 845 g/mol. The Hall–Kier alpha value is -6.90. The lowest BCUT2D eigenvalue weighted by molar-refractivity contribution is 0.568. The van der Waals surface area contributed by atoms with Gasteiger partial charge in [-0.2, -0.15) is 0 Å². The molecule has 0 unspecified atom stereocenters. The molecule has 0 aliphatic rings. The zero-order valence-electron chi connectivity index (χ0n) is 44.1. The minimum atomic E-state index is -0.0237. The summed E-state index contributed by atoms with van der Waals surface area (Å²) in [6.07, 6.45) is 0. The summed E-state index contributed by atoms with van der Waals surface area (Å²) in [6.45, 7) is 32.2. The standard InChI is InChI=1S/C68H70N2/c1-43-23-27-49(28-24-43)69(53-37-45(65(3,4)5)35-46(38-53)66(6,7)8)51-31-33-59-61(41-51)55-19-15-17-21-57(55)64-60-34-32-52(42-62(60)56-20-16-18-22-58(56)63(59)64)70(50-29-25-44(2)26-30-50)54-39-47(67(9,10)11)36-48(40-54)68(12,13)14/h15-42H,1-14H3. The third kappa shape index (κ3) is 8.50. The second-order valence-electron chi connectivity index (χ2n) is 24.2. The molecule has 2 nitrogen and oxygen atoms in total. The van der Waals surface area contributed by atoms with Crippen molar-refractivity contribution < 1.29 is 0 Å². The van der Waals surface area contributed by atoms with Gasteiger partial charge >= 0.3 is 0 Å². The predicted molar refractivity (Wildman–Crippen MR) is 308 cm³/mol. The van der Waals surface area contributed by atoms with Gasteiger partial charge < -0.3 is 9.80 Å². The second kappa shape index (κ2) is 16.9. The first-order valence-electron chi connectivity index (χ1n) is 25.3. The highest BCUT2D eigenvalue weighted by Crippen LogP contribution is 2.49. The van der Waals surface area contributed by atoms with Gasteiger partial charge in [0.15, 0.2) is 0 Å². The molecule has 10 aromatic rings. The quantitative estimate of drug-likeness (QED) is 0.153. The van der Waals surface area contributed by atoms with Crippen LogP contribution in [0.5, 0.6) is 0 Å². The number of aryl methyl sites for hydroxylation is 2. The van der Waals surface area contributed by atoms with E-state index in [4.69, 9.17) is 0 Å². The lowest BCUT2D eigenvalue weighted by Crippen LogP contribution is -2.19. The van der Waals surface area contributed by atoms with Crippen LogP contribution in [-0.4, -0.2) is 0 Å². The highest BCUT2D eigenvalue weighted by molar-refractivity contribution is 6.39. The lowest BCUT2D eigenvalue weighted by atomic mass is 9.80. The highest BCUT2D eigenvalue weighted by Gasteiger charge is 2.27. The van der Waals surface area contributed by atoms with Crippen LogP contribution in [0, 0.1) is 13.8 Å². The van der Waals surface area contributed by atoms with Gasteiger partial charge in [0.2, 0.25) is 0 Å². The molecule has 2 heteroatoms. The van der Waals surface area contributed by atoms with Gasteiger partial charge in [-0.05, 0) is 184 Å². The van der Waals surface area contributed by atoms with Crippen LogP contribution >= 0.6 is 0 Å². The molecule has 10 aromatic carbocycles. The largest absolute Gasteiger partial charge is 0.310 e. The zero-order valence-corrected chi connectivity index (χ0v) is 44.1. The first-order valence-corrected chi connectivity index (χ1v) is 25.3. The van der Waals surface area contributed by atoms with E-state index in [9.17, 15) is 0 Å². The van der Waals surface area contributed by atoms with Gasteiger partial charge in [-0.3, -0.25) is 0 Å². The minimum absolute atomic E-state index is 0.0237. The summed E-state index contributed by atoms with van der Waals surface area (Å²) in [4.78, 5) is 4.95. The molecule has 0 heterocycles. The maximum atomic E-state index is 2.48. The molecule has 0 saturated heterocycles. The lowest BCUT2D eigenvalue weighted by Gasteiger charge is -2.32. The molecule has 0 bridgehead atoms. The maximum Gasteiger partial charge on any atom is 0.0468 e. The van der Waals surface area contributed by atoms with Crippen molar-refractivity contribution in [3.8, 4) is 0 Å². The minimum Gasteiger partial charge on any atom is -0.310 e. The highest BCUT2D eigenvalue weighted by atomic mass is 15.1. The van der Waals surface area contributed by atoms with E-state index in [1.165, 1.54) is 98.6 Å². The average molecular weight is 915 g/mol. The Labute approximate surface area is 417 Å². The zero-order chi connectivity index (χ0) is 49.7. The molecule has 10 rings (SSSR count). The normalized spacial score (nSPS) is 12.7. The van der Waals surface area contributed by atoms with E-state index in [0.717, 1.165) is 22.7 Å². The molecule has 0 aliphatic carbocycles. The molecule has 0 N–H and O–H groups in total. The Morgan fingerprint density at radius 2 is 0.514 bits per heavy atom.